The monoisotopic (exact) mass is 390 g/mol. The molecule has 0 aromatic heterocycles. The zero-order chi connectivity index (χ0) is 19.4. The number of ether oxygens (including phenoxy) is 2. The van der Waals surface area contributed by atoms with Crippen molar-refractivity contribution in [1.29, 1.82) is 0 Å². The molecular weight excluding hydrogens is 376 g/mol. The quantitative estimate of drug-likeness (QED) is 0.477. The van der Waals surface area contributed by atoms with Gasteiger partial charge in [-0.15, -0.1) is 0 Å². The molecule has 1 atom stereocenters. The van der Waals surface area contributed by atoms with E-state index in [1.165, 1.54) is 24.3 Å². The van der Waals surface area contributed by atoms with Gasteiger partial charge in [0.15, 0.2) is 6.61 Å². The summed E-state index contributed by atoms with van der Waals surface area (Å²) in [5.41, 5.74) is 0.896. The van der Waals surface area contributed by atoms with Crippen LogP contribution in [0.25, 0.3) is 0 Å². The van der Waals surface area contributed by atoms with Gasteiger partial charge in [-0.25, -0.2) is 0 Å². The van der Waals surface area contributed by atoms with Crippen molar-refractivity contribution in [3.63, 3.8) is 0 Å². The van der Waals surface area contributed by atoms with E-state index in [1.807, 2.05) is 0 Å². The number of anilines is 1. The summed E-state index contributed by atoms with van der Waals surface area (Å²) in [6.45, 7) is -0.347. The van der Waals surface area contributed by atoms with Gasteiger partial charge in [0.25, 0.3) is 11.6 Å². The van der Waals surface area contributed by atoms with Gasteiger partial charge in [-0.3, -0.25) is 19.7 Å². The summed E-state index contributed by atoms with van der Waals surface area (Å²) in [5.74, 6) is -1.02. The Hall–Kier alpha value is -3.13. The molecule has 140 valence electrons. The maximum Gasteiger partial charge on any atom is 0.313 e. The molecule has 2 aromatic carbocycles. The van der Waals surface area contributed by atoms with Gasteiger partial charge in [0, 0.05) is 22.8 Å². The molecule has 8 nitrogen and oxygen atoms in total. The van der Waals surface area contributed by atoms with Crippen molar-refractivity contribution < 1.29 is 24.0 Å². The van der Waals surface area contributed by atoms with Gasteiger partial charge in [-0.1, -0.05) is 17.7 Å². The Morgan fingerprint density at radius 1 is 1.30 bits per heavy atom. The molecule has 2 aromatic rings. The number of carbonyl (C=O) groups excluding carboxylic acids is 2. The summed E-state index contributed by atoms with van der Waals surface area (Å²) < 4.78 is 10.6. The summed E-state index contributed by atoms with van der Waals surface area (Å²) in [6.07, 6.45) is 0.404. The van der Waals surface area contributed by atoms with Crippen LogP contribution in [-0.2, 0) is 20.7 Å². The lowest BCUT2D eigenvalue weighted by Crippen LogP contribution is -2.32. The Morgan fingerprint density at radius 2 is 2.11 bits per heavy atom. The SMILES string of the molecule is O=C(COC(=O)[C@H]1COc2ccc(Cl)cc2C1)Nc1cccc([N+](=O)[O-])c1. The van der Waals surface area contributed by atoms with E-state index in [4.69, 9.17) is 21.1 Å². The number of halogens is 1. The highest BCUT2D eigenvalue weighted by Gasteiger charge is 2.28. The molecule has 3 rings (SSSR count). The van der Waals surface area contributed by atoms with E-state index in [-0.39, 0.29) is 18.0 Å². The van der Waals surface area contributed by atoms with Gasteiger partial charge in [0.1, 0.15) is 12.4 Å². The number of nitrogens with zero attached hydrogens (tertiary/aromatic N) is 1. The molecule has 1 aliphatic heterocycles. The molecule has 0 saturated carbocycles. The van der Waals surface area contributed by atoms with Crippen LogP contribution in [0.3, 0.4) is 0 Å². The number of hydrogen-bond donors (Lipinski definition) is 1. The number of nitro groups is 1. The molecular formula is C18H15ClN2O6. The first-order valence-corrected chi connectivity index (χ1v) is 8.42. The van der Waals surface area contributed by atoms with Crippen molar-refractivity contribution >= 4 is 34.9 Å². The van der Waals surface area contributed by atoms with Crippen LogP contribution in [-0.4, -0.2) is 30.0 Å². The number of benzene rings is 2. The highest BCUT2D eigenvalue weighted by atomic mass is 35.5. The minimum Gasteiger partial charge on any atom is -0.492 e. The van der Waals surface area contributed by atoms with Gasteiger partial charge >= 0.3 is 5.97 Å². The summed E-state index contributed by atoms with van der Waals surface area (Å²) in [6, 6.07) is 10.6. The Bertz CT molecular complexity index is 901. The first-order chi connectivity index (χ1) is 12.9. The second kappa shape index (κ2) is 8.05. The molecule has 0 radical (unpaired) electrons. The molecule has 1 heterocycles. The highest BCUT2D eigenvalue weighted by Crippen LogP contribution is 2.30. The summed E-state index contributed by atoms with van der Waals surface area (Å²) in [7, 11) is 0. The number of fused-ring (bicyclic) bond motifs is 1. The predicted molar refractivity (Wildman–Crippen MR) is 96.8 cm³/mol. The lowest BCUT2D eigenvalue weighted by atomic mass is 9.97. The fraction of sp³-hybridized carbons (Fsp3) is 0.222. The van der Waals surface area contributed by atoms with Crippen LogP contribution in [0.15, 0.2) is 42.5 Å². The number of non-ortho nitro benzene ring substituents is 1. The fourth-order valence-electron chi connectivity index (χ4n) is 2.66. The second-order valence-electron chi connectivity index (χ2n) is 5.93. The first-order valence-electron chi connectivity index (χ1n) is 8.04. The van der Waals surface area contributed by atoms with Crippen molar-refractivity contribution in [3.8, 4) is 5.75 Å². The molecule has 0 spiro atoms. The number of rotatable bonds is 5. The fourth-order valence-corrected chi connectivity index (χ4v) is 2.86. The average molecular weight is 391 g/mol. The Balaban J connectivity index is 1.52. The van der Waals surface area contributed by atoms with E-state index >= 15 is 0 Å². The predicted octanol–water partition coefficient (Wildman–Crippen LogP) is 2.98. The molecule has 1 N–H and O–H groups in total. The van der Waals surface area contributed by atoms with Crippen molar-refractivity contribution in [2.75, 3.05) is 18.5 Å². The molecule has 0 fully saturated rings. The maximum atomic E-state index is 12.2. The first kappa shape index (κ1) is 18.7. The van der Waals surface area contributed by atoms with E-state index in [1.54, 1.807) is 18.2 Å². The normalized spacial score (nSPS) is 15.2. The standard InChI is InChI=1S/C18H15ClN2O6/c19-13-4-5-16-11(7-13)6-12(9-26-16)18(23)27-10-17(22)20-14-2-1-3-15(8-14)21(24)25/h1-5,7-8,12H,6,9-10H2,(H,20,22)/t12-/m1/s1. The summed E-state index contributed by atoms with van der Waals surface area (Å²) in [5, 5.41) is 13.7. The molecule has 0 unspecified atom stereocenters. The number of esters is 1. The lowest BCUT2D eigenvalue weighted by molar-refractivity contribution is -0.384. The van der Waals surface area contributed by atoms with Crippen LogP contribution in [0, 0.1) is 16.0 Å². The molecule has 1 aliphatic rings. The van der Waals surface area contributed by atoms with Crippen LogP contribution in [0.5, 0.6) is 5.75 Å². The van der Waals surface area contributed by atoms with E-state index in [9.17, 15) is 19.7 Å². The van der Waals surface area contributed by atoms with Gasteiger partial charge in [-0.05, 0) is 36.2 Å². The smallest absolute Gasteiger partial charge is 0.313 e. The van der Waals surface area contributed by atoms with Crippen LogP contribution in [0.2, 0.25) is 5.02 Å². The number of amides is 1. The molecule has 0 aliphatic carbocycles. The Kier molecular flexibility index (Phi) is 5.56. The largest absolute Gasteiger partial charge is 0.492 e. The Labute approximate surface area is 159 Å². The topological polar surface area (TPSA) is 108 Å². The third kappa shape index (κ3) is 4.73. The van der Waals surface area contributed by atoms with E-state index in [2.05, 4.69) is 5.32 Å². The Morgan fingerprint density at radius 3 is 2.89 bits per heavy atom. The third-order valence-corrected chi connectivity index (χ3v) is 4.18. The maximum absolute atomic E-state index is 12.2. The van der Waals surface area contributed by atoms with Gasteiger partial charge < -0.3 is 14.8 Å². The molecule has 9 heteroatoms. The molecule has 0 bridgehead atoms. The number of hydrogen-bond acceptors (Lipinski definition) is 6. The number of nitrogens with one attached hydrogen (secondary N) is 1. The van der Waals surface area contributed by atoms with Crippen molar-refractivity contribution in [3.05, 3.63) is 63.2 Å². The summed E-state index contributed by atoms with van der Waals surface area (Å²) in [4.78, 5) is 34.3. The van der Waals surface area contributed by atoms with Crippen LogP contribution < -0.4 is 10.1 Å². The van der Waals surface area contributed by atoms with E-state index in [0.29, 0.717) is 17.2 Å². The highest BCUT2D eigenvalue weighted by molar-refractivity contribution is 6.30. The molecule has 1 amide bonds. The van der Waals surface area contributed by atoms with Gasteiger partial charge in [0.05, 0.1) is 10.8 Å². The van der Waals surface area contributed by atoms with Crippen LogP contribution in [0.4, 0.5) is 11.4 Å². The van der Waals surface area contributed by atoms with Crippen molar-refractivity contribution in [2.45, 2.75) is 6.42 Å². The lowest BCUT2D eigenvalue weighted by Gasteiger charge is -2.24. The van der Waals surface area contributed by atoms with Crippen molar-refractivity contribution in [2.24, 2.45) is 5.92 Å². The number of carbonyl (C=O) groups is 2. The third-order valence-electron chi connectivity index (χ3n) is 3.95. The van der Waals surface area contributed by atoms with E-state index in [0.717, 1.165) is 5.56 Å². The molecule has 0 saturated heterocycles. The zero-order valence-corrected chi connectivity index (χ0v) is 14.8. The minimum atomic E-state index is -0.593. The molecule has 27 heavy (non-hydrogen) atoms. The summed E-state index contributed by atoms with van der Waals surface area (Å²) >= 11 is 5.95. The van der Waals surface area contributed by atoms with E-state index < -0.39 is 29.3 Å². The second-order valence-corrected chi connectivity index (χ2v) is 6.36. The van der Waals surface area contributed by atoms with Crippen LogP contribution in [0.1, 0.15) is 5.56 Å². The number of nitro benzene ring substituents is 1. The van der Waals surface area contributed by atoms with Gasteiger partial charge in [0.2, 0.25) is 0 Å². The average Bonchev–Trinajstić information content (AvgIpc) is 2.65. The zero-order valence-electron chi connectivity index (χ0n) is 14.0. The van der Waals surface area contributed by atoms with Gasteiger partial charge in [-0.2, -0.15) is 0 Å². The minimum absolute atomic E-state index is 0.151. The van der Waals surface area contributed by atoms with Crippen LogP contribution >= 0.6 is 11.6 Å². The van der Waals surface area contributed by atoms with Crippen molar-refractivity contribution in [1.82, 2.24) is 0 Å².